The lowest BCUT2D eigenvalue weighted by molar-refractivity contribution is -0.130. The molecule has 1 unspecified atom stereocenters. The van der Waals surface area contributed by atoms with Crippen LogP contribution in [-0.4, -0.2) is 19.0 Å². The molecule has 0 aliphatic heterocycles. The minimum atomic E-state index is -0.121. The molecule has 0 bridgehead atoms. The van der Waals surface area contributed by atoms with Crippen LogP contribution in [0, 0.1) is 5.92 Å². The van der Waals surface area contributed by atoms with Crippen LogP contribution in [0.4, 0.5) is 0 Å². The molecule has 0 spiro atoms. The molecule has 1 fully saturated rings. The number of Topliss-reactive ketones (excluding diaryl/α,β-unsaturated/α-hetero) is 1. The molecule has 0 aromatic heterocycles. The average molecular weight is 182 g/mol. The summed E-state index contributed by atoms with van der Waals surface area (Å²) >= 11 is 0. The van der Waals surface area contributed by atoms with E-state index in [0.717, 1.165) is 25.7 Å². The molecule has 0 aromatic rings. The van der Waals surface area contributed by atoms with E-state index in [4.69, 9.17) is 4.74 Å². The van der Waals surface area contributed by atoms with E-state index in [-0.39, 0.29) is 11.9 Å². The van der Waals surface area contributed by atoms with Gasteiger partial charge in [-0.3, -0.25) is 4.79 Å². The quantitative estimate of drug-likeness (QED) is 0.446. The summed E-state index contributed by atoms with van der Waals surface area (Å²) < 4.78 is 5.19. The monoisotopic (exact) mass is 182 g/mol. The van der Waals surface area contributed by atoms with E-state index in [1.54, 1.807) is 7.11 Å². The van der Waals surface area contributed by atoms with Crippen molar-refractivity contribution in [1.82, 2.24) is 0 Å². The normalized spacial score (nSPS) is 18.2. The largest absolute Gasteiger partial charge is 0.373 e. The lowest BCUT2D eigenvalue weighted by atomic mass is 10.1. The van der Waals surface area contributed by atoms with Crippen LogP contribution in [-0.2, 0) is 9.53 Å². The second-order valence-electron chi connectivity index (χ2n) is 3.64. The van der Waals surface area contributed by atoms with Crippen molar-refractivity contribution in [3.05, 3.63) is 12.7 Å². The van der Waals surface area contributed by atoms with Crippen LogP contribution in [0.2, 0.25) is 0 Å². The molecule has 2 heteroatoms. The Bertz CT molecular complexity index is 183. The van der Waals surface area contributed by atoms with Gasteiger partial charge >= 0.3 is 0 Å². The Morgan fingerprint density at radius 3 is 2.85 bits per heavy atom. The van der Waals surface area contributed by atoms with Gasteiger partial charge in [-0.25, -0.2) is 0 Å². The van der Waals surface area contributed by atoms with Crippen molar-refractivity contribution in [2.24, 2.45) is 5.92 Å². The van der Waals surface area contributed by atoms with Crippen LogP contribution in [0.1, 0.15) is 32.1 Å². The average Bonchev–Trinajstić information content (AvgIpc) is 2.90. The molecule has 1 saturated carbocycles. The van der Waals surface area contributed by atoms with Gasteiger partial charge in [0.1, 0.15) is 6.10 Å². The van der Waals surface area contributed by atoms with E-state index in [1.807, 2.05) is 6.08 Å². The third-order valence-electron chi connectivity index (χ3n) is 2.45. The zero-order valence-electron chi connectivity index (χ0n) is 8.29. The van der Waals surface area contributed by atoms with Crippen molar-refractivity contribution in [1.29, 1.82) is 0 Å². The van der Waals surface area contributed by atoms with E-state index in [0.29, 0.717) is 12.3 Å². The second kappa shape index (κ2) is 5.18. The molecule has 2 nitrogen and oxygen atoms in total. The molecular weight excluding hydrogens is 164 g/mol. The van der Waals surface area contributed by atoms with Gasteiger partial charge in [-0.2, -0.15) is 0 Å². The molecule has 1 aliphatic carbocycles. The highest BCUT2D eigenvalue weighted by atomic mass is 16.5. The lowest BCUT2D eigenvalue weighted by Gasteiger charge is -2.12. The van der Waals surface area contributed by atoms with Crippen molar-refractivity contribution >= 4 is 5.78 Å². The molecule has 74 valence electrons. The Morgan fingerprint density at radius 1 is 1.69 bits per heavy atom. The maximum atomic E-state index is 11.6. The first-order valence-electron chi connectivity index (χ1n) is 4.96. The molecule has 0 N–H and O–H groups in total. The minimum Gasteiger partial charge on any atom is -0.373 e. The van der Waals surface area contributed by atoms with Crippen LogP contribution < -0.4 is 0 Å². The van der Waals surface area contributed by atoms with Crippen LogP contribution in [0.25, 0.3) is 0 Å². The Kier molecular flexibility index (Phi) is 4.16. The van der Waals surface area contributed by atoms with Crippen LogP contribution >= 0.6 is 0 Å². The van der Waals surface area contributed by atoms with Gasteiger partial charge in [0.25, 0.3) is 0 Å². The summed E-state index contributed by atoms with van der Waals surface area (Å²) in [6.45, 7) is 3.63. The smallest absolute Gasteiger partial charge is 0.161 e. The van der Waals surface area contributed by atoms with Gasteiger partial charge in [-0.15, -0.1) is 6.58 Å². The summed E-state index contributed by atoms with van der Waals surface area (Å²) in [4.78, 5) is 11.6. The number of unbranched alkanes of at least 4 members (excludes halogenated alkanes) is 1. The molecule has 1 atom stereocenters. The third-order valence-corrected chi connectivity index (χ3v) is 2.45. The van der Waals surface area contributed by atoms with Crippen molar-refractivity contribution in [3.8, 4) is 0 Å². The van der Waals surface area contributed by atoms with Gasteiger partial charge in [0, 0.05) is 13.5 Å². The van der Waals surface area contributed by atoms with Gasteiger partial charge < -0.3 is 4.74 Å². The summed E-state index contributed by atoms with van der Waals surface area (Å²) in [6.07, 6.45) is 6.52. The van der Waals surface area contributed by atoms with Gasteiger partial charge in [-0.1, -0.05) is 6.08 Å². The Morgan fingerprint density at radius 2 is 2.38 bits per heavy atom. The number of hydrogen-bond donors (Lipinski definition) is 0. The zero-order valence-corrected chi connectivity index (χ0v) is 8.29. The fourth-order valence-electron chi connectivity index (χ4n) is 1.55. The molecule has 0 radical (unpaired) electrons. The number of carbonyl (C=O) groups is 1. The minimum absolute atomic E-state index is 0.121. The number of allylic oxidation sites excluding steroid dienone is 1. The second-order valence-corrected chi connectivity index (χ2v) is 3.64. The Balaban J connectivity index is 2.22. The van der Waals surface area contributed by atoms with Gasteiger partial charge in [-0.05, 0) is 31.6 Å². The molecule has 1 aliphatic rings. The fourth-order valence-corrected chi connectivity index (χ4v) is 1.55. The van der Waals surface area contributed by atoms with Crippen LogP contribution in [0.15, 0.2) is 12.7 Å². The molecule has 1 rings (SSSR count). The zero-order chi connectivity index (χ0) is 9.68. The van der Waals surface area contributed by atoms with Crippen molar-refractivity contribution in [3.63, 3.8) is 0 Å². The van der Waals surface area contributed by atoms with E-state index in [9.17, 15) is 4.79 Å². The van der Waals surface area contributed by atoms with Gasteiger partial charge in [0.2, 0.25) is 0 Å². The Hall–Kier alpha value is -0.630. The summed E-state index contributed by atoms with van der Waals surface area (Å²) in [5, 5.41) is 0. The summed E-state index contributed by atoms with van der Waals surface area (Å²) in [5.41, 5.74) is 0. The highest BCUT2D eigenvalue weighted by molar-refractivity contribution is 5.83. The third kappa shape index (κ3) is 3.31. The molecule has 0 aromatic carbocycles. The van der Waals surface area contributed by atoms with Crippen molar-refractivity contribution in [2.75, 3.05) is 7.11 Å². The summed E-state index contributed by atoms with van der Waals surface area (Å²) in [7, 11) is 1.63. The summed E-state index contributed by atoms with van der Waals surface area (Å²) in [5.74, 6) is 0.785. The van der Waals surface area contributed by atoms with Gasteiger partial charge in [0.15, 0.2) is 5.78 Å². The number of methoxy groups -OCH3 is 1. The first kappa shape index (κ1) is 10.5. The maximum absolute atomic E-state index is 11.6. The first-order chi connectivity index (χ1) is 6.29. The lowest BCUT2D eigenvalue weighted by Crippen LogP contribution is -2.24. The highest BCUT2D eigenvalue weighted by Gasteiger charge is 2.35. The van der Waals surface area contributed by atoms with Crippen molar-refractivity contribution < 1.29 is 9.53 Å². The highest BCUT2D eigenvalue weighted by Crippen LogP contribution is 2.35. The van der Waals surface area contributed by atoms with Crippen LogP contribution in [0.3, 0.4) is 0 Å². The molecule has 13 heavy (non-hydrogen) atoms. The molecule has 0 heterocycles. The van der Waals surface area contributed by atoms with Crippen LogP contribution in [0.5, 0.6) is 0 Å². The van der Waals surface area contributed by atoms with E-state index < -0.39 is 0 Å². The molecular formula is C11H18O2. The molecule has 0 saturated heterocycles. The van der Waals surface area contributed by atoms with E-state index in [2.05, 4.69) is 6.58 Å². The first-order valence-corrected chi connectivity index (χ1v) is 4.96. The number of rotatable bonds is 7. The van der Waals surface area contributed by atoms with E-state index in [1.165, 1.54) is 0 Å². The predicted molar refractivity (Wildman–Crippen MR) is 52.6 cm³/mol. The summed E-state index contributed by atoms with van der Waals surface area (Å²) in [6, 6.07) is 0. The van der Waals surface area contributed by atoms with Crippen molar-refractivity contribution in [2.45, 2.75) is 38.2 Å². The number of ketones is 1. The standard InChI is InChI=1S/C11H18O2/c1-3-4-5-6-10(12)11(13-2)9-7-8-9/h3,9,11H,1,4-8H2,2H3. The number of hydrogen-bond acceptors (Lipinski definition) is 2. The fraction of sp³-hybridized carbons (Fsp3) is 0.727. The van der Waals surface area contributed by atoms with Gasteiger partial charge in [0.05, 0.1) is 0 Å². The maximum Gasteiger partial charge on any atom is 0.161 e. The number of carbonyl (C=O) groups excluding carboxylic acids is 1. The number of ether oxygens (including phenoxy) is 1. The van der Waals surface area contributed by atoms with E-state index >= 15 is 0 Å². The SMILES string of the molecule is C=CCCCC(=O)C(OC)C1CC1. The topological polar surface area (TPSA) is 26.3 Å². The Labute approximate surface area is 80.0 Å². The molecule has 0 amide bonds. The predicted octanol–water partition coefficient (Wildman–Crippen LogP) is 2.34.